The molecule has 0 saturated carbocycles. The Bertz CT molecular complexity index is 199. The summed E-state index contributed by atoms with van der Waals surface area (Å²) in [5.41, 5.74) is 5.67. The lowest BCUT2D eigenvalue weighted by molar-refractivity contribution is -0.150. The van der Waals surface area contributed by atoms with Gasteiger partial charge in [0, 0.05) is 13.2 Å². The minimum Gasteiger partial charge on any atom is -0.463 e. The Morgan fingerprint density at radius 3 is 2.38 bits per heavy atom. The predicted molar refractivity (Wildman–Crippen MR) is 64.1 cm³/mol. The van der Waals surface area contributed by atoms with Crippen LogP contribution >= 0.6 is 0 Å². The van der Waals surface area contributed by atoms with Crippen LogP contribution in [0.2, 0.25) is 0 Å². The van der Waals surface area contributed by atoms with Gasteiger partial charge >= 0.3 is 5.97 Å². The lowest BCUT2D eigenvalue weighted by Crippen LogP contribution is -2.30. The molecule has 0 bridgehead atoms. The molecule has 0 spiro atoms. The van der Waals surface area contributed by atoms with Gasteiger partial charge < -0.3 is 15.2 Å². The van der Waals surface area contributed by atoms with E-state index in [2.05, 4.69) is 20.8 Å². The van der Waals surface area contributed by atoms with Crippen LogP contribution in [0.15, 0.2) is 0 Å². The molecule has 0 aromatic heterocycles. The molecule has 0 heterocycles. The highest BCUT2D eigenvalue weighted by Gasteiger charge is 2.24. The van der Waals surface area contributed by atoms with Gasteiger partial charge in [0.05, 0.1) is 12.5 Å². The zero-order chi connectivity index (χ0) is 12.6. The number of hydrogen-bond donors (Lipinski definition) is 1. The van der Waals surface area contributed by atoms with Crippen LogP contribution in [-0.2, 0) is 14.3 Å². The average Bonchev–Trinajstić information content (AvgIpc) is 2.19. The van der Waals surface area contributed by atoms with Crippen molar-refractivity contribution in [2.24, 2.45) is 17.1 Å². The van der Waals surface area contributed by atoms with Gasteiger partial charge in [0.15, 0.2) is 0 Å². The van der Waals surface area contributed by atoms with E-state index in [1.807, 2.05) is 6.92 Å². The maximum Gasteiger partial charge on any atom is 0.310 e. The topological polar surface area (TPSA) is 61.5 Å². The van der Waals surface area contributed by atoms with E-state index in [1.165, 1.54) is 0 Å². The van der Waals surface area contributed by atoms with Crippen LogP contribution in [0.1, 0.15) is 34.1 Å². The van der Waals surface area contributed by atoms with Gasteiger partial charge in [0.1, 0.15) is 6.61 Å². The summed E-state index contributed by atoms with van der Waals surface area (Å²) in [4.78, 5) is 11.7. The molecule has 4 nitrogen and oxygen atoms in total. The van der Waals surface area contributed by atoms with Crippen molar-refractivity contribution in [1.82, 2.24) is 0 Å². The van der Waals surface area contributed by atoms with Crippen molar-refractivity contribution in [3.63, 3.8) is 0 Å². The molecule has 0 amide bonds. The summed E-state index contributed by atoms with van der Waals surface area (Å²) < 4.78 is 10.2. The molecule has 0 rings (SSSR count). The van der Waals surface area contributed by atoms with Crippen LogP contribution in [0.5, 0.6) is 0 Å². The smallest absolute Gasteiger partial charge is 0.310 e. The molecule has 0 aromatic rings. The molecule has 0 aliphatic rings. The number of carbonyl (C=O) groups excluding carboxylic acids is 1. The molecule has 4 heteroatoms. The molecule has 0 aliphatic heterocycles. The summed E-state index contributed by atoms with van der Waals surface area (Å²) in [6.07, 6.45) is 0.747. The van der Waals surface area contributed by atoms with Gasteiger partial charge in [-0.05, 0) is 18.8 Å². The van der Waals surface area contributed by atoms with E-state index >= 15 is 0 Å². The Labute approximate surface area is 98.5 Å². The normalized spacial score (nSPS) is 13.6. The van der Waals surface area contributed by atoms with Crippen LogP contribution < -0.4 is 5.73 Å². The molecule has 0 aliphatic carbocycles. The Kier molecular flexibility index (Phi) is 7.34. The van der Waals surface area contributed by atoms with Crippen molar-refractivity contribution in [1.29, 1.82) is 0 Å². The zero-order valence-electron chi connectivity index (χ0n) is 10.9. The lowest BCUT2D eigenvalue weighted by atomic mass is 9.85. The highest BCUT2D eigenvalue weighted by molar-refractivity contribution is 5.72. The van der Waals surface area contributed by atoms with Gasteiger partial charge in [0.2, 0.25) is 0 Å². The molecule has 0 saturated heterocycles. The van der Waals surface area contributed by atoms with E-state index in [9.17, 15) is 4.79 Å². The zero-order valence-corrected chi connectivity index (χ0v) is 10.9. The molecule has 16 heavy (non-hydrogen) atoms. The third-order valence-corrected chi connectivity index (χ3v) is 2.15. The van der Waals surface area contributed by atoms with Gasteiger partial charge in [-0.2, -0.15) is 0 Å². The van der Waals surface area contributed by atoms with Crippen LogP contribution in [0.4, 0.5) is 0 Å². The Morgan fingerprint density at radius 1 is 1.31 bits per heavy atom. The standard InChI is InChI=1S/C12H25NO3/c1-5-15-6-7-16-11(14)10(9-13)8-12(2,3)4/h10H,5-9,13H2,1-4H3. The number of rotatable bonds is 7. The minimum absolute atomic E-state index is 0.0863. The summed E-state index contributed by atoms with van der Waals surface area (Å²) in [6.45, 7) is 9.91. The molecule has 1 atom stereocenters. The van der Waals surface area contributed by atoms with Crippen molar-refractivity contribution in [3.05, 3.63) is 0 Å². The monoisotopic (exact) mass is 231 g/mol. The van der Waals surface area contributed by atoms with Gasteiger partial charge in [-0.1, -0.05) is 20.8 Å². The van der Waals surface area contributed by atoms with Crippen LogP contribution in [-0.4, -0.2) is 32.3 Å². The third kappa shape index (κ3) is 7.65. The van der Waals surface area contributed by atoms with E-state index in [-0.39, 0.29) is 17.3 Å². The summed E-state index contributed by atoms with van der Waals surface area (Å²) in [5, 5.41) is 0. The first kappa shape index (κ1) is 15.4. The maximum absolute atomic E-state index is 11.7. The van der Waals surface area contributed by atoms with Crippen molar-refractivity contribution >= 4 is 5.97 Å². The van der Waals surface area contributed by atoms with E-state index in [0.717, 1.165) is 6.42 Å². The fourth-order valence-electron chi connectivity index (χ4n) is 1.47. The lowest BCUT2D eigenvalue weighted by Gasteiger charge is -2.23. The second kappa shape index (κ2) is 7.63. The first-order chi connectivity index (χ1) is 7.40. The summed E-state index contributed by atoms with van der Waals surface area (Å²) in [7, 11) is 0. The quantitative estimate of drug-likeness (QED) is 0.534. The largest absolute Gasteiger partial charge is 0.463 e. The second-order valence-corrected chi connectivity index (χ2v) is 5.06. The van der Waals surface area contributed by atoms with Gasteiger partial charge in [0.25, 0.3) is 0 Å². The number of hydrogen-bond acceptors (Lipinski definition) is 4. The summed E-state index contributed by atoms with van der Waals surface area (Å²) in [5.74, 6) is -0.418. The fraction of sp³-hybridized carbons (Fsp3) is 0.917. The van der Waals surface area contributed by atoms with E-state index < -0.39 is 0 Å². The number of carbonyl (C=O) groups is 1. The Morgan fingerprint density at radius 2 is 1.94 bits per heavy atom. The van der Waals surface area contributed by atoms with E-state index in [0.29, 0.717) is 26.4 Å². The minimum atomic E-state index is -0.211. The van der Waals surface area contributed by atoms with Gasteiger partial charge in [-0.3, -0.25) is 4.79 Å². The summed E-state index contributed by atoms with van der Waals surface area (Å²) >= 11 is 0. The predicted octanol–water partition coefficient (Wildman–Crippen LogP) is 1.58. The number of esters is 1. The Balaban J connectivity index is 3.92. The molecular weight excluding hydrogens is 206 g/mol. The maximum atomic E-state index is 11.7. The third-order valence-electron chi connectivity index (χ3n) is 2.15. The molecular formula is C12H25NO3. The number of ether oxygens (including phenoxy) is 2. The van der Waals surface area contributed by atoms with E-state index in [4.69, 9.17) is 15.2 Å². The summed E-state index contributed by atoms with van der Waals surface area (Å²) in [6, 6.07) is 0. The first-order valence-corrected chi connectivity index (χ1v) is 5.85. The van der Waals surface area contributed by atoms with Gasteiger partial charge in [-0.15, -0.1) is 0 Å². The molecule has 0 fully saturated rings. The SMILES string of the molecule is CCOCCOC(=O)C(CN)CC(C)(C)C. The van der Waals surface area contributed by atoms with Crippen LogP contribution in [0, 0.1) is 11.3 Å². The van der Waals surface area contributed by atoms with Gasteiger partial charge in [-0.25, -0.2) is 0 Å². The van der Waals surface area contributed by atoms with Crippen molar-refractivity contribution < 1.29 is 14.3 Å². The van der Waals surface area contributed by atoms with E-state index in [1.54, 1.807) is 0 Å². The van der Waals surface area contributed by atoms with Crippen molar-refractivity contribution in [3.8, 4) is 0 Å². The first-order valence-electron chi connectivity index (χ1n) is 5.85. The molecule has 0 radical (unpaired) electrons. The Hall–Kier alpha value is -0.610. The average molecular weight is 231 g/mol. The fourth-order valence-corrected chi connectivity index (χ4v) is 1.47. The molecule has 2 N–H and O–H groups in total. The van der Waals surface area contributed by atoms with Crippen molar-refractivity contribution in [2.75, 3.05) is 26.4 Å². The molecule has 0 aromatic carbocycles. The van der Waals surface area contributed by atoms with Crippen LogP contribution in [0.3, 0.4) is 0 Å². The van der Waals surface area contributed by atoms with Crippen molar-refractivity contribution in [2.45, 2.75) is 34.1 Å². The molecule has 96 valence electrons. The highest BCUT2D eigenvalue weighted by Crippen LogP contribution is 2.24. The number of nitrogens with two attached hydrogens (primary N) is 1. The second-order valence-electron chi connectivity index (χ2n) is 5.06. The highest BCUT2D eigenvalue weighted by atomic mass is 16.6. The van der Waals surface area contributed by atoms with Crippen LogP contribution in [0.25, 0.3) is 0 Å². The molecule has 1 unspecified atom stereocenters.